The van der Waals surface area contributed by atoms with Gasteiger partial charge in [-0.15, -0.1) is 0 Å². The lowest BCUT2D eigenvalue weighted by Crippen LogP contribution is -2.36. The molecule has 0 aliphatic rings. The highest BCUT2D eigenvalue weighted by Crippen LogP contribution is 2.14. The van der Waals surface area contributed by atoms with Gasteiger partial charge in [-0.05, 0) is 19.1 Å². The Morgan fingerprint density at radius 3 is 2.76 bits per heavy atom. The quantitative estimate of drug-likeness (QED) is 0.780. The first-order chi connectivity index (χ1) is 9.97. The van der Waals surface area contributed by atoms with Crippen LogP contribution < -0.4 is 10.6 Å². The number of carboxylic acids is 1. The van der Waals surface area contributed by atoms with Gasteiger partial charge in [-0.3, -0.25) is 9.67 Å². The molecule has 0 bridgehead atoms. The number of nitrogens with zero attached hydrogens (tertiary/aromatic N) is 3. The van der Waals surface area contributed by atoms with Crippen LogP contribution in [-0.4, -0.2) is 31.9 Å². The van der Waals surface area contributed by atoms with Crippen molar-refractivity contribution < 1.29 is 14.7 Å². The average molecular weight is 289 g/mol. The molecule has 110 valence electrons. The number of urea groups is 1. The first-order valence-electron chi connectivity index (χ1n) is 6.18. The van der Waals surface area contributed by atoms with Crippen LogP contribution in [0.15, 0.2) is 30.7 Å². The summed E-state index contributed by atoms with van der Waals surface area (Å²) in [6.45, 7) is 1.74. The monoisotopic (exact) mass is 289 g/mol. The van der Waals surface area contributed by atoms with Crippen LogP contribution >= 0.6 is 0 Å². The molecule has 21 heavy (non-hydrogen) atoms. The molecule has 1 atom stereocenters. The van der Waals surface area contributed by atoms with Gasteiger partial charge in [0, 0.05) is 25.0 Å². The summed E-state index contributed by atoms with van der Waals surface area (Å²) in [4.78, 5) is 27.2. The van der Waals surface area contributed by atoms with Crippen LogP contribution in [0, 0.1) is 6.92 Å². The molecular formula is C13H15N5O3. The van der Waals surface area contributed by atoms with Crippen LogP contribution in [0.1, 0.15) is 17.3 Å². The zero-order valence-corrected chi connectivity index (χ0v) is 11.6. The van der Waals surface area contributed by atoms with E-state index in [0.29, 0.717) is 16.9 Å². The minimum atomic E-state index is -1.17. The van der Waals surface area contributed by atoms with E-state index in [4.69, 9.17) is 0 Å². The number of aromatic nitrogens is 3. The lowest BCUT2D eigenvalue weighted by Gasteiger charge is -2.14. The van der Waals surface area contributed by atoms with Gasteiger partial charge in [0.25, 0.3) is 0 Å². The summed E-state index contributed by atoms with van der Waals surface area (Å²) >= 11 is 0. The second kappa shape index (κ2) is 6.04. The van der Waals surface area contributed by atoms with E-state index in [2.05, 4.69) is 20.7 Å². The number of carboxylic acid groups (broad SMARTS) is 1. The van der Waals surface area contributed by atoms with Gasteiger partial charge in [0.1, 0.15) is 0 Å². The van der Waals surface area contributed by atoms with Gasteiger partial charge in [-0.2, -0.15) is 5.10 Å². The van der Waals surface area contributed by atoms with Gasteiger partial charge in [0.05, 0.1) is 17.6 Å². The van der Waals surface area contributed by atoms with E-state index < -0.39 is 18.0 Å². The van der Waals surface area contributed by atoms with Crippen molar-refractivity contribution in [2.45, 2.75) is 13.0 Å². The van der Waals surface area contributed by atoms with Gasteiger partial charge in [0.2, 0.25) is 0 Å². The van der Waals surface area contributed by atoms with Crippen molar-refractivity contribution in [3.8, 4) is 0 Å². The molecule has 0 radical (unpaired) electrons. The average Bonchev–Trinajstić information content (AvgIpc) is 2.85. The number of nitrogens with one attached hydrogen (secondary N) is 2. The molecule has 1 unspecified atom stereocenters. The Labute approximate surface area is 120 Å². The van der Waals surface area contributed by atoms with Gasteiger partial charge in [-0.1, -0.05) is 0 Å². The summed E-state index contributed by atoms with van der Waals surface area (Å²) in [7, 11) is 1.67. The fourth-order valence-electron chi connectivity index (χ4n) is 1.78. The number of hydrogen-bond acceptors (Lipinski definition) is 4. The molecule has 2 heterocycles. The molecule has 2 amide bonds. The third-order valence-corrected chi connectivity index (χ3v) is 2.84. The summed E-state index contributed by atoms with van der Waals surface area (Å²) in [6.07, 6.45) is 4.54. The molecule has 0 aromatic carbocycles. The third kappa shape index (κ3) is 3.56. The van der Waals surface area contributed by atoms with E-state index in [9.17, 15) is 14.7 Å². The van der Waals surface area contributed by atoms with E-state index in [1.807, 2.05) is 0 Å². The molecule has 0 saturated heterocycles. The van der Waals surface area contributed by atoms with Crippen LogP contribution in [-0.2, 0) is 11.8 Å². The number of anilines is 1. The van der Waals surface area contributed by atoms with Crippen molar-refractivity contribution in [2.75, 3.05) is 5.32 Å². The molecule has 2 rings (SSSR count). The van der Waals surface area contributed by atoms with E-state index in [-0.39, 0.29) is 0 Å². The van der Waals surface area contributed by atoms with Crippen molar-refractivity contribution in [3.63, 3.8) is 0 Å². The molecule has 0 aliphatic heterocycles. The maximum absolute atomic E-state index is 11.9. The molecule has 8 heteroatoms. The minimum Gasteiger partial charge on any atom is -0.479 e. The summed E-state index contributed by atoms with van der Waals surface area (Å²) in [5.74, 6) is -1.17. The number of pyridine rings is 1. The van der Waals surface area contributed by atoms with Crippen LogP contribution in [0.3, 0.4) is 0 Å². The Bertz CT molecular complexity index is 667. The lowest BCUT2D eigenvalue weighted by atomic mass is 10.1. The van der Waals surface area contributed by atoms with E-state index in [1.165, 1.54) is 17.1 Å². The van der Waals surface area contributed by atoms with E-state index in [0.717, 1.165) is 0 Å². The molecule has 2 aromatic rings. The summed E-state index contributed by atoms with van der Waals surface area (Å²) in [5, 5.41) is 18.1. The first-order valence-corrected chi connectivity index (χ1v) is 6.18. The standard InChI is InChI=1S/C13H15N5O3/c1-8-10(4-3-5-14-8)16-13(21)17-11(12(19)20)9-6-15-18(2)7-9/h3-7,11H,1-2H3,(H,19,20)(H2,16,17,21). The van der Waals surface area contributed by atoms with Crippen molar-refractivity contribution in [1.29, 1.82) is 0 Å². The lowest BCUT2D eigenvalue weighted by molar-refractivity contribution is -0.139. The maximum Gasteiger partial charge on any atom is 0.331 e. The molecule has 0 spiro atoms. The van der Waals surface area contributed by atoms with Gasteiger partial charge in [-0.25, -0.2) is 9.59 Å². The van der Waals surface area contributed by atoms with Crippen LogP contribution in [0.5, 0.6) is 0 Å². The molecular weight excluding hydrogens is 274 g/mol. The largest absolute Gasteiger partial charge is 0.479 e. The van der Waals surface area contributed by atoms with Crippen molar-refractivity contribution >= 4 is 17.7 Å². The van der Waals surface area contributed by atoms with Gasteiger partial charge in [0.15, 0.2) is 6.04 Å². The molecule has 2 aromatic heterocycles. The number of carbonyl (C=O) groups excluding carboxylic acids is 1. The normalized spacial score (nSPS) is 11.7. The zero-order chi connectivity index (χ0) is 15.4. The number of rotatable bonds is 4. The van der Waals surface area contributed by atoms with Crippen LogP contribution in [0.4, 0.5) is 10.5 Å². The fourth-order valence-corrected chi connectivity index (χ4v) is 1.78. The second-order valence-corrected chi connectivity index (χ2v) is 4.45. The minimum absolute atomic E-state index is 0.392. The van der Waals surface area contributed by atoms with Crippen molar-refractivity contribution in [1.82, 2.24) is 20.1 Å². The highest BCUT2D eigenvalue weighted by atomic mass is 16.4. The van der Waals surface area contributed by atoms with Crippen molar-refractivity contribution in [2.24, 2.45) is 7.05 Å². The summed E-state index contributed by atoms with van der Waals surface area (Å²) in [6, 6.07) is 1.57. The van der Waals surface area contributed by atoms with E-state index in [1.54, 1.807) is 32.3 Å². The van der Waals surface area contributed by atoms with Gasteiger partial charge < -0.3 is 15.7 Å². The number of aryl methyl sites for hydroxylation is 2. The fraction of sp³-hybridized carbons (Fsp3) is 0.231. The van der Waals surface area contributed by atoms with Crippen molar-refractivity contribution in [3.05, 3.63) is 42.0 Å². The Hall–Kier alpha value is -2.90. The van der Waals surface area contributed by atoms with E-state index >= 15 is 0 Å². The SMILES string of the molecule is Cc1ncccc1NC(=O)NC(C(=O)O)c1cnn(C)c1. The summed E-state index contributed by atoms with van der Waals surface area (Å²) < 4.78 is 1.47. The molecule has 0 aliphatic carbocycles. The Balaban J connectivity index is 2.09. The molecule has 8 nitrogen and oxygen atoms in total. The number of hydrogen-bond donors (Lipinski definition) is 3. The topological polar surface area (TPSA) is 109 Å². The number of aliphatic carboxylic acids is 1. The molecule has 0 fully saturated rings. The van der Waals surface area contributed by atoms with Gasteiger partial charge >= 0.3 is 12.0 Å². The number of amides is 2. The highest BCUT2D eigenvalue weighted by molar-refractivity contribution is 5.92. The first kappa shape index (κ1) is 14.5. The second-order valence-electron chi connectivity index (χ2n) is 4.45. The zero-order valence-electron chi connectivity index (χ0n) is 11.6. The summed E-state index contributed by atoms with van der Waals surface area (Å²) in [5.41, 5.74) is 1.55. The Morgan fingerprint density at radius 1 is 1.43 bits per heavy atom. The number of carbonyl (C=O) groups is 2. The Morgan fingerprint density at radius 2 is 2.19 bits per heavy atom. The van der Waals surface area contributed by atoms with Crippen LogP contribution in [0.25, 0.3) is 0 Å². The maximum atomic E-state index is 11.9. The van der Waals surface area contributed by atoms with Crippen LogP contribution in [0.2, 0.25) is 0 Å². The third-order valence-electron chi connectivity index (χ3n) is 2.84. The predicted octanol–water partition coefficient (Wildman–Crippen LogP) is 1.07. The smallest absolute Gasteiger partial charge is 0.331 e. The molecule has 3 N–H and O–H groups in total. The molecule has 0 saturated carbocycles. The predicted molar refractivity (Wildman–Crippen MR) is 74.7 cm³/mol. The Kier molecular flexibility index (Phi) is 4.17. The highest BCUT2D eigenvalue weighted by Gasteiger charge is 2.23.